The molecule has 3 aliphatic rings. The highest BCUT2D eigenvalue weighted by Crippen LogP contribution is 2.35. The van der Waals surface area contributed by atoms with Crippen LogP contribution in [0.15, 0.2) is 46.9 Å². The number of ether oxygens (including phenoxy) is 2. The number of hydrogen-bond acceptors (Lipinski definition) is 7. The Bertz CT molecular complexity index is 1460. The fourth-order valence-electron chi connectivity index (χ4n) is 5.11. The van der Waals surface area contributed by atoms with Gasteiger partial charge in [-0.25, -0.2) is 4.79 Å². The van der Waals surface area contributed by atoms with E-state index in [-0.39, 0.29) is 24.8 Å². The van der Waals surface area contributed by atoms with E-state index < -0.39 is 17.5 Å². The third kappa shape index (κ3) is 3.78. The predicted octanol–water partition coefficient (Wildman–Crippen LogP) is 1.79. The summed E-state index contributed by atoms with van der Waals surface area (Å²) < 4.78 is 16.7. The van der Waals surface area contributed by atoms with Crippen molar-refractivity contribution in [2.75, 3.05) is 40.0 Å². The third-order valence-corrected chi connectivity index (χ3v) is 7.10. The first-order valence-corrected chi connectivity index (χ1v) is 11.9. The Morgan fingerprint density at radius 1 is 1.11 bits per heavy atom. The van der Waals surface area contributed by atoms with Gasteiger partial charge in [0.05, 0.1) is 26.9 Å². The van der Waals surface area contributed by atoms with Crippen LogP contribution in [-0.2, 0) is 21.6 Å². The smallest absolute Gasteiger partial charge is 0.322 e. The molecule has 0 unspecified atom stereocenters. The number of amidine groups is 1. The second kappa shape index (κ2) is 8.63. The van der Waals surface area contributed by atoms with E-state index in [2.05, 4.69) is 10.6 Å². The summed E-state index contributed by atoms with van der Waals surface area (Å²) in [6.45, 7) is 2.59. The standard InChI is InChI=1S/C26H25N5O6/c1-35-18-4-2-16-13-31(23(32)19(16)12-18)14-26(24(33)28-25(34)29-26)21-11-17-10-15(3-5-20(17)37-21)22(27)30-6-8-36-9-7-30/h2-5,10-12,27H,6-9,13-14H2,1H3,(H2,28,29,33,34)/t26-/m0/s1. The van der Waals surface area contributed by atoms with E-state index >= 15 is 0 Å². The lowest BCUT2D eigenvalue weighted by Gasteiger charge is -2.29. The molecule has 3 N–H and O–H groups in total. The topological polar surface area (TPSA) is 137 Å². The van der Waals surface area contributed by atoms with Crippen molar-refractivity contribution in [2.45, 2.75) is 12.1 Å². The zero-order chi connectivity index (χ0) is 25.7. The number of amides is 4. The number of nitrogens with one attached hydrogen (secondary N) is 3. The van der Waals surface area contributed by atoms with Gasteiger partial charge in [-0.2, -0.15) is 0 Å². The zero-order valence-corrected chi connectivity index (χ0v) is 20.1. The minimum atomic E-state index is -1.60. The maximum absolute atomic E-state index is 13.2. The van der Waals surface area contributed by atoms with Crippen LogP contribution in [0.25, 0.3) is 11.0 Å². The highest BCUT2D eigenvalue weighted by Gasteiger charge is 2.53. The molecule has 0 saturated carbocycles. The molecule has 11 heteroatoms. The monoisotopic (exact) mass is 503 g/mol. The molecule has 3 aliphatic heterocycles. The first-order chi connectivity index (χ1) is 17.9. The molecule has 0 radical (unpaired) electrons. The van der Waals surface area contributed by atoms with E-state index in [4.69, 9.17) is 19.3 Å². The number of carbonyl (C=O) groups is 3. The normalized spacial score (nSPS) is 21.3. The lowest BCUT2D eigenvalue weighted by atomic mass is 9.95. The molecule has 0 aliphatic carbocycles. The molecule has 2 fully saturated rings. The lowest BCUT2D eigenvalue weighted by Crippen LogP contribution is -2.52. The molecule has 2 aromatic carbocycles. The molecule has 37 heavy (non-hydrogen) atoms. The number of morpholine rings is 1. The number of benzene rings is 2. The van der Waals surface area contributed by atoms with E-state index in [1.54, 1.807) is 30.3 Å². The summed E-state index contributed by atoms with van der Waals surface area (Å²) in [6.07, 6.45) is 0. The van der Waals surface area contributed by atoms with Gasteiger partial charge in [0.2, 0.25) is 0 Å². The van der Waals surface area contributed by atoms with Gasteiger partial charge in [0.15, 0.2) is 5.54 Å². The van der Waals surface area contributed by atoms with Crippen molar-refractivity contribution >= 4 is 34.7 Å². The van der Waals surface area contributed by atoms with Crippen molar-refractivity contribution in [1.82, 2.24) is 20.4 Å². The Hall–Kier alpha value is -4.38. The largest absolute Gasteiger partial charge is 0.497 e. The quantitative estimate of drug-likeness (QED) is 0.274. The number of furan rings is 1. The summed E-state index contributed by atoms with van der Waals surface area (Å²) in [5, 5.41) is 14.3. The van der Waals surface area contributed by atoms with Crippen LogP contribution in [0.1, 0.15) is 27.2 Å². The number of hydrogen-bond donors (Lipinski definition) is 3. The van der Waals surface area contributed by atoms with Crippen LogP contribution in [0, 0.1) is 5.41 Å². The maximum atomic E-state index is 13.2. The Balaban J connectivity index is 1.33. The van der Waals surface area contributed by atoms with Crippen LogP contribution in [0.3, 0.4) is 0 Å². The van der Waals surface area contributed by atoms with Gasteiger partial charge in [0.25, 0.3) is 11.8 Å². The van der Waals surface area contributed by atoms with Crippen LogP contribution in [0.2, 0.25) is 0 Å². The fraction of sp³-hybridized carbons (Fsp3) is 0.308. The SMILES string of the molecule is COc1ccc2c(c1)C(=O)N(C[C@@]1(c3cc4cc(C(=N)N5CCOCC5)ccc4o3)NC(=O)NC1=O)C2. The third-order valence-electron chi connectivity index (χ3n) is 7.10. The Morgan fingerprint density at radius 2 is 1.92 bits per heavy atom. The number of rotatable bonds is 5. The van der Waals surface area contributed by atoms with Crippen molar-refractivity contribution in [3.8, 4) is 5.75 Å². The van der Waals surface area contributed by atoms with Gasteiger partial charge >= 0.3 is 6.03 Å². The van der Waals surface area contributed by atoms with E-state index in [9.17, 15) is 14.4 Å². The van der Waals surface area contributed by atoms with Gasteiger partial charge in [0, 0.05) is 36.1 Å². The van der Waals surface area contributed by atoms with Crippen molar-refractivity contribution in [3.63, 3.8) is 0 Å². The van der Waals surface area contributed by atoms with Gasteiger partial charge < -0.3 is 29.0 Å². The first kappa shape index (κ1) is 23.0. The number of nitrogens with zero attached hydrogens (tertiary/aromatic N) is 2. The molecule has 1 aromatic heterocycles. The van der Waals surface area contributed by atoms with Gasteiger partial charge in [-0.15, -0.1) is 0 Å². The second-order valence-corrected chi connectivity index (χ2v) is 9.31. The molecular weight excluding hydrogens is 478 g/mol. The van der Waals surface area contributed by atoms with Crippen molar-refractivity contribution in [1.29, 1.82) is 5.41 Å². The predicted molar refractivity (Wildman–Crippen MR) is 132 cm³/mol. The van der Waals surface area contributed by atoms with E-state index in [1.807, 2.05) is 17.0 Å². The highest BCUT2D eigenvalue weighted by atomic mass is 16.5. The summed E-state index contributed by atoms with van der Waals surface area (Å²) in [4.78, 5) is 42.1. The molecule has 3 aromatic rings. The molecule has 0 bridgehead atoms. The minimum absolute atomic E-state index is 0.114. The highest BCUT2D eigenvalue weighted by molar-refractivity contribution is 6.08. The van der Waals surface area contributed by atoms with Gasteiger partial charge in [0.1, 0.15) is 22.9 Å². The molecule has 11 nitrogen and oxygen atoms in total. The van der Waals surface area contributed by atoms with Crippen LogP contribution in [-0.4, -0.2) is 73.4 Å². The summed E-state index contributed by atoms with van der Waals surface area (Å²) >= 11 is 0. The van der Waals surface area contributed by atoms with E-state index in [1.165, 1.54) is 12.0 Å². The molecule has 2 saturated heterocycles. The van der Waals surface area contributed by atoms with Gasteiger partial charge in [-0.1, -0.05) is 6.07 Å². The van der Waals surface area contributed by atoms with Crippen molar-refractivity contribution in [2.24, 2.45) is 0 Å². The maximum Gasteiger partial charge on any atom is 0.322 e. The Labute approximate surface area is 211 Å². The van der Waals surface area contributed by atoms with Crippen LogP contribution >= 0.6 is 0 Å². The van der Waals surface area contributed by atoms with Crippen LogP contribution < -0.4 is 15.4 Å². The minimum Gasteiger partial charge on any atom is -0.497 e. The molecule has 190 valence electrons. The molecule has 4 amide bonds. The first-order valence-electron chi connectivity index (χ1n) is 11.9. The molecule has 4 heterocycles. The number of imide groups is 1. The Morgan fingerprint density at radius 3 is 2.65 bits per heavy atom. The summed E-state index contributed by atoms with van der Waals surface area (Å²) in [7, 11) is 1.53. The molecule has 6 rings (SSSR count). The lowest BCUT2D eigenvalue weighted by molar-refractivity contribution is -0.125. The number of methoxy groups -OCH3 is 1. The summed E-state index contributed by atoms with van der Waals surface area (Å²) in [5.41, 5.74) is 0.907. The average molecular weight is 504 g/mol. The number of fused-ring (bicyclic) bond motifs is 2. The van der Waals surface area contributed by atoms with E-state index in [0.717, 1.165) is 5.56 Å². The van der Waals surface area contributed by atoms with E-state index in [0.29, 0.717) is 60.0 Å². The zero-order valence-electron chi connectivity index (χ0n) is 20.1. The van der Waals surface area contributed by atoms with Crippen LogP contribution in [0.4, 0.5) is 4.79 Å². The number of urea groups is 1. The van der Waals surface area contributed by atoms with Crippen molar-refractivity contribution < 1.29 is 28.3 Å². The fourth-order valence-corrected chi connectivity index (χ4v) is 5.11. The second-order valence-electron chi connectivity index (χ2n) is 9.31. The summed E-state index contributed by atoms with van der Waals surface area (Å²) in [6, 6.07) is 11.7. The van der Waals surface area contributed by atoms with Crippen molar-refractivity contribution in [3.05, 3.63) is 64.9 Å². The Kier molecular flexibility index (Phi) is 5.37. The number of carbonyl (C=O) groups excluding carboxylic acids is 3. The average Bonchev–Trinajstić information content (AvgIpc) is 3.57. The summed E-state index contributed by atoms with van der Waals surface area (Å²) in [5.74, 6) is 0.290. The molecule has 0 spiro atoms. The van der Waals surface area contributed by atoms with Crippen LogP contribution in [0.5, 0.6) is 5.75 Å². The van der Waals surface area contributed by atoms with Gasteiger partial charge in [-0.3, -0.25) is 20.3 Å². The van der Waals surface area contributed by atoms with Gasteiger partial charge in [-0.05, 0) is 42.0 Å². The molecule has 1 atom stereocenters. The molecular formula is C26H25N5O6.